The first-order valence-electron chi connectivity index (χ1n) is 7.44. The van der Waals surface area contributed by atoms with E-state index in [1.165, 1.54) is 23.6 Å². The number of hydrogen-bond donors (Lipinski definition) is 0. The number of nitrogens with zero attached hydrogens (tertiary/aromatic N) is 1. The number of benzene rings is 1. The van der Waals surface area contributed by atoms with Crippen molar-refractivity contribution in [2.75, 3.05) is 7.05 Å². The summed E-state index contributed by atoms with van der Waals surface area (Å²) >= 11 is 0. The lowest BCUT2D eigenvalue weighted by Crippen LogP contribution is -2.35. The van der Waals surface area contributed by atoms with E-state index < -0.39 is 10.0 Å². The van der Waals surface area contributed by atoms with Crippen molar-refractivity contribution in [1.29, 1.82) is 0 Å². The second kappa shape index (κ2) is 7.79. The average Bonchev–Trinajstić information content (AvgIpc) is 2.43. The average molecular weight is 297 g/mol. The van der Waals surface area contributed by atoms with Crippen LogP contribution in [0.5, 0.6) is 0 Å². The lowest BCUT2D eigenvalue weighted by molar-refractivity contribution is 0.360. The molecule has 0 aromatic heterocycles. The fourth-order valence-corrected chi connectivity index (χ4v) is 3.55. The number of unbranched alkanes of at least 4 members (excludes halogenated alkanes) is 3. The third-order valence-electron chi connectivity index (χ3n) is 3.79. The van der Waals surface area contributed by atoms with Gasteiger partial charge in [0.15, 0.2) is 0 Å². The Morgan fingerprint density at radius 3 is 2.25 bits per heavy atom. The molecular formula is C16H27NO2S. The summed E-state index contributed by atoms with van der Waals surface area (Å²) in [6.45, 7) is 6.12. The van der Waals surface area contributed by atoms with Crippen LogP contribution in [0.25, 0.3) is 0 Å². The Morgan fingerprint density at radius 1 is 1.10 bits per heavy atom. The van der Waals surface area contributed by atoms with Gasteiger partial charge in [-0.1, -0.05) is 50.3 Å². The predicted octanol–water partition coefficient (Wildman–Crippen LogP) is 3.97. The number of aryl methyl sites for hydroxylation is 1. The quantitative estimate of drug-likeness (QED) is 0.681. The Balaban J connectivity index is 2.68. The molecule has 0 fully saturated rings. The van der Waals surface area contributed by atoms with Gasteiger partial charge in [-0.25, -0.2) is 8.42 Å². The van der Waals surface area contributed by atoms with Crippen LogP contribution in [0.4, 0.5) is 0 Å². The molecule has 114 valence electrons. The maximum absolute atomic E-state index is 12.5. The Kier molecular flexibility index (Phi) is 6.69. The zero-order valence-electron chi connectivity index (χ0n) is 13.1. The van der Waals surface area contributed by atoms with Crippen molar-refractivity contribution in [3.63, 3.8) is 0 Å². The van der Waals surface area contributed by atoms with Crippen LogP contribution in [-0.2, 0) is 10.0 Å². The van der Waals surface area contributed by atoms with Crippen LogP contribution in [0.2, 0.25) is 0 Å². The highest BCUT2D eigenvalue weighted by Gasteiger charge is 2.24. The number of sulfonamides is 1. The fraction of sp³-hybridized carbons (Fsp3) is 0.625. The number of hydrogen-bond acceptors (Lipinski definition) is 2. The minimum atomic E-state index is -3.36. The summed E-state index contributed by atoms with van der Waals surface area (Å²) in [7, 11) is -1.68. The number of rotatable bonds is 8. The Labute approximate surface area is 124 Å². The molecule has 20 heavy (non-hydrogen) atoms. The summed E-state index contributed by atoms with van der Waals surface area (Å²) in [5.41, 5.74) is 1.07. The van der Waals surface area contributed by atoms with Crippen molar-refractivity contribution in [3.8, 4) is 0 Å². The van der Waals surface area contributed by atoms with E-state index in [1.54, 1.807) is 19.2 Å². The minimum Gasteiger partial charge on any atom is -0.207 e. The highest BCUT2D eigenvalue weighted by atomic mass is 32.2. The van der Waals surface area contributed by atoms with E-state index in [0.717, 1.165) is 18.4 Å². The van der Waals surface area contributed by atoms with Gasteiger partial charge < -0.3 is 0 Å². The molecule has 1 unspecified atom stereocenters. The molecule has 0 heterocycles. The van der Waals surface area contributed by atoms with E-state index in [0.29, 0.717) is 4.90 Å². The lowest BCUT2D eigenvalue weighted by atomic mass is 10.1. The molecule has 3 nitrogen and oxygen atoms in total. The van der Waals surface area contributed by atoms with E-state index in [9.17, 15) is 8.42 Å². The molecule has 0 saturated carbocycles. The molecule has 4 heteroatoms. The van der Waals surface area contributed by atoms with Crippen molar-refractivity contribution in [3.05, 3.63) is 29.8 Å². The van der Waals surface area contributed by atoms with Crippen molar-refractivity contribution in [2.24, 2.45) is 0 Å². The molecule has 0 radical (unpaired) electrons. The van der Waals surface area contributed by atoms with Crippen molar-refractivity contribution in [2.45, 2.75) is 63.8 Å². The summed E-state index contributed by atoms with van der Waals surface area (Å²) < 4.78 is 26.5. The molecule has 0 aliphatic rings. The van der Waals surface area contributed by atoms with Crippen LogP contribution in [0.1, 0.15) is 51.5 Å². The van der Waals surface area contributed by atoms with Gasteiger partial charge in [0.05, 0.1) is 4.90 Å². The maximum atomic E-state index is 12.5. The first-order chi connectivity index (χ1) is 9.39. The Hall–Kier alpha value is -0.870. The van der Waals surface area contributed by atoms with Gasteiger partial charge in [0, 0.05) is 13.1 Å². The van der Waals surface area contributed by atoms with Gasteiger partial charge in [0.1, 0.15) is 0 Å². The van der Waals surface area contributed by atoms with Crippen molar-refractivity contribution >= 4 is 10.0 Å². The van der Waals surface area contributed by atoms with Gasteiger partial charge >= 0.3 is 0 Å². The Bertz CT molecular complexity index is 494. The van der Waals surface area contributed by atoms with E-state index in [4.69, 9.17) is 0 Å². The zero-order valence-corrected chi connectivity index (χ0v) is 13.9. The van der Waals surface area contributed by atoms with Crippen LogP contribution in [0, 0.1) is 6.92 Å². The second-order valence-corrected chi connectivity index (χ2v) is 7.53. The topological polar surface area (TPSA) is 37.4 Å². The van der Waals surface area contributed by atoms with Gasteiger partial charge in [-0.2, -0.15) is 4.31 Å². The SMILES string of the molecule is CCCCCCC(C)N(C)S(=O)(=O)c1ccc(C)cc1. The van der Waals surface area contributed by atoms with Crippen LogP contribution in [-0.4, -0.2) is 25.8 Å². The third-order valence-corrected chi connectivity index (χ3v) is 5.78. The summed E-state index contributed by atoms with van der Waals surface area (Å²) in [5, 5.41) is 0. The van der Waals surface area contributed by atoms with Crippen molar-refractivity contribution < 1.29 is 8.42 Å². The summed E-state index contributed by atoms with van der Waals surface area (Å²) in [4.78, 5) is 0.381. The van der Waals surface area contributed by atoms with E-state index in [2.05, 4.69) is 6.92 Å². The first kappa shape index (κ1) is 17.2. The highest BCUT2D eigenvalue weighted by Crippen LogP contribution is 2.19. The third kappa shape index (κ3) is 4.60. The fourth-order valence-electron chi connectivity index (χ4n) is 2.16. The molecule has 1 aromatic rings. The molecule has 0 N–H and O–H groups in total. The molecule has 1 rings (SSSR count). The second-order valence-electron chi connectivity index (χ2n) is 5.53. The smallest absolute Gasteiger partial charge is 0.207 e. The van der Waals surface area contributed by atoms with Crippen LogP contribution < -0.4 is 0 Å². The highest BCUT2D eigenvalue weighted by molar-refractivity contribution is 7.89. The van der Waals surface area contributed by atoms with Gasteiger partial charge in [-0.05, 0) is 32.4 Å². The Morgan fingerprint density at radius 2 is 1.70 bits per heavy atom. The largest absolute Gasteiger partial charge is 0.243 e. The molecule has 1 aromatic carbocycles. The van der Waals surface area contributed by atoms with Gasteiger partial charge in [-0.15, -0.1) is 0 Å². The maximum Gasteiger partial charge on any atom is 0.243 e. The van der Waals surface area contributed by atoms with Crippen molar-refractivity contribution in [1.82, 2.24) is 4.31 Å². The van der Waals surface area contributed by atoms with E-state index in [1.807, 2.05) is 26.0 Å². The van der Waals surface area contributed by atoms with E-state index in [-0.39, 0.29) is 6.04 Å². The van der Waals surface area contributed by atoms with Gasteiger partial charge in [0.2, 0.25) is 10.0 Å². The summed E-state index contributed by atoms with van der Waals surface area (Å²) in [5.74, 6) is 0. The van der Waals surface area contributed by atoms with Gasteiger partial charge in [-0.3, -0.25) is 0 Å². The van der Waals surface area contributed by atoms with Crippen LogP contribution in [0.15, 0.2) is 29.2 Å². The molecule has 0 bridgehead atoms. The molecule has 0 amide bonds. The molecule has 0 aliphatic heterocycles. The van der Waals surface area contributed by atoms with Crippen LogP contribution >= 0.6 is 0 Å². The summed E-state index contributed by atoms with van der Waals surface area (Å²) in [6, 6.07) is 7.09. The summed E-state index contributed by atoms with van der Waals surface area (Å²) in [6.07, 6.45) is 5.61. The standard InChI is InChI=1S/C16H27NO2S/c1-5-6-7-8-9-15(3)17(4)20(18,19)16-12-10-14(2)11-13-16/h10-13,15H,5-9H2,1-4H3. The predicted molar refractivity (Wildman–Crippen MR) is 84.3 cm³/mol. The van der Waals surface area contributed by atoms with Crippen LogP contribution in [0.3, 0.4) is 0 Å². The molecule has 1 atom stereocenters. The molecule has 0 aliphatic carbocycles. The minimum absolute atomic E-state index is 0.0400. The lowest BCUT2D eigenvalue weighted by Gasteiger charge is -2.24. The zero-order chi connectivity index (χ0) is 15.2. The normalized spacial score (nSPS) is 13.7. The molecular weight excluding hydrogens is 270 g/mol. The van der Waals surface area contributed by atoms with Gasteiger partial charge in [0.25, 0.3) is 0 Å². The van der Waals surface area contributed by atoms with E-state index >= 15 is 0 Å². The first-order valence-corrected chi connectivity index (χ1v) is 8.88. The molecule has 0 spiro atoms. The molecule has 0 saturated heterocycles. The monoisotopic (exact) mass is 297 g/mol.